The Bertz CT molecular complexity index is 258. The molecular formula is C10H13ClFN. The maximum absolute atomic E-state index is 12.6. The summed E-state index contributed by atoms with van der Waals surface area (Å²) in [6.07, 6.45) is 0. The maximum Gasteiger partial charge on any atom is 0.123 e. The predicted octanol–water partition coefficient (Wildman–Crippen LogP) is 2.67. The van der Waals surface area contributed by atoms with E-state index >= 15 is 0 Å². The molecule has 0 N–H and O–H groups in total. The van der Waals surface area contributed by atoms with E-state index in [0.29, 0.717) is 0 Å². The summed E-state index contributed by atoms with van der Waals surface area (Å²) in [6.45, 7) is 0.757. The van der Waals surface area contributed by atoms with Gasteiger partial charge in [-0.05, 0) is 31.8 Å². The molecule has 0 heterocycles. The Hall–Kier alpha value is -0.600. The van der Waals surface area contributed by atoms with Crippen molar-refractivity contribution in [3.63, 3.8) is 0 Å². The first-order chi connectivity index (χ1) is 6.09. The third kappa shape index (κ3) is 3.33. The molecule has 13 heavy (non-hydrogen) atoms. The van der Waals surface area contributed by atoms with E-state index in [1.54, 1.807) is 12.1 Å². The first kappa shape index (κ1) is 10.5. The van der Waals surface area contributed by atoms with Crippen LogP contribution >= 0.6 is 11.6 Å². The molecule has 0 aliphatic carbocycles. The molecule has 0 radical (unpaired) electrons. The zero-order valence-corrected chi connectivity index (χ0v) is 8.55. The Kier molecular flexibility index (Phi) is 3.70. The van der Waals surface area contributed by atoms with Crippen LogP contribution in [0.25, 0.3) is 0 Å². The Morgan fingerprint density at radius 2 is 1.85 bits per heavy atom. The molecule has 1 aromatic rings. The molecule has 0 aliphatic rings. The van der Waals surface area contributed by atoms with Crippen molar-refractivity contribution in [2.75, 3.05) is 20.6 Å². The van der Waals surface area contributed by atoms with E-state index < -0.39 is 0 Å². The van der Waals surface area contributed by atoms with Crippen molar-refractivity contribution in [1.82, 2.24) is 4.90 Å². The van der Waals surface area contributed by atoms with Gasteiger partial charge in [-0.15, -0.1) is 11.6 Å². The largest absolute Gasteiger partial charge is 0.308 e. The number of hydrogen-bond donors (Lipinski definition) is 0. The van der Waals surface area contributed by atoms with Crippen molar-refractivity contribution in [1.29, 1.82) is 0 Å². The number of rotatable bonds is 3. The first-order valence-corrected chi connectivity index (χ1v) is 4.57. The summed E-state index contributed by atoms with van der Waals surface area (Å²) in [5.41, 5.74) is 0.955. The van der Waals surface area contributed by atoms with Crippen LogP contribution in [0.4, 0.5) is 4.39 Å². The van der Waals surface area contributed by atoms with Gasteiger partial charge < -0.3 is 4.90 Å². The van der Waals surface area contributed by atoms with Crippen LogP contribution in [0, 0.1) is 5.82 Å². The molecule has 3 heteroatoms. The van der Waals surface area contributed by atoms with E-state index in [1.165, 1.54) is 12.1 Å². The van der Waals surface area contributed by atoms with Gasteiger partial charge in [-0.3, -0.25) is 0 Å². The highest BCUT2D eigenvalue weighted by atomic mass is 35.5. The average Bonchev–Trinajstić information content (AvgIpc) is 2.04. The van der Waals surface area contributed by atoms with Gasteiger partial charge in [0.2, 0.25) is 0 Å². The molecule has 0 amide bonds. The molecule has 0 saturated heterocycles. The normalized spacial score (nSPS) is 13.3. The lowest BCUT2D eigenvalue weighted by atomic mass is 10.1. The molecule has 0 bridgehead atoms. The van der Waals surface area contributed by atoms with Crippen molar-refractivity contribution >= 4 is 11.6 Å². The van der Waals surface area contributed by atoms with Gasteiger partial charge in [0, 0.05) is 6.54 Å². The third-order valence-electron chi connectivity index (χ3n) is 1.76. The predicted molar refractivity (Wildman–Crippen MR) is 53.5 cm³/mol. The summed E-state index contributed by atoms with van der Waals surface area (Å²) < 4.78 is 12.6. The van der Waals surface area contributed by atoms with Crippen LogP contribution in [0.3, 0.4) is 0 Å². The van der Waals surface area contributed by atoms with Gasteiger partial charge in [0.05, 0.1) is 5.38 Å². The van der Waals surface area contributed by atoms with Gasteiger partial charge >= 0.3 is 0 Å². The van der Waals surface area contributed by atoms with Crippen LogP contribution in [-0.4, -0.2) is 25.5 Å². The lowest BCUT2D eigenvalue weighted by Gasteiger charge is -2.15. The number of hydrogen-bond acceptors (Lipinski definition) is 1. The fraction of sp³-hybridized carbons (Fsp3) is 0.400. The van der Waals surface area contributed by atoms with Crippen molar-refractivity contribution in [3.05, 3.63) is 35.6 Å². The molecule has 0 fully saturated rings. The van der Waals surface area contributed by atoms with Gasteiger partial charge in [-0.1, -0.05) is 12.1 Å². The lowest BCUT2D eigenvalue weighted by molar-refractivity contribution is 0.407. The first-order valence-electron chi connectivity index (χ1n) is 4.14. The van der Waals surface area contributed by atoms with Crippen molar-refractivity contribution < 1.29 is 4.39 Å². The monoisotopic (exact) mass is 201 g/mol. The van der Waals surface area contributed by atoms with Gasteiger partial charge in [0.1, 0.15) is 5.82 Å². The summed E-state index contributed by atoms with van der Waals surface area (Å²) >= 11 is 6.09. The average molecular weight is 202 g/mol. The van der Waals surface area contributed by atoms with Crippen LogP contribution in [0.15, 0.2) is 24.3 Å². The van der Waals surface area contributed by atoms with Crippen LogP contribution < -0.4 is 0 Å². The Labute approximate surface area is 83.1 Å². The number of likely N-dealkylation sites (N-methyl/N-ethyl adjacent to an activating group) is 1. The lowest BCUT2D eigenvalue weighted by Crippen LogP contribution is -2.17. The second-order valence-corrected chi connectivity index (χ2v) is 3.81. The molecule has 1 atom stereocenters. The SMILES string of the molecule is CN(C)CC(Cl)c1ccc(F)cc1. The fourth-order valence-electron chi connectivity index (χ4n) is 1.10. The molecule has 0 aromatic heterocycles. The van der Waals surface area contributed by atoms with E-state index in [0.717, 1.165) is 12.1 Å². The maximum atomic E-state index is 12.6. The number of nitrogens with zero attached hydrogens (tertiary/aromatic N) is 1. The highest BCUT2D eigenvalue weighted by molar-refractivity contribution is 6.21. The van der Waals surface area contributed by atoms with Crippen LogP contribution in [0.5, 0.6) is 0 Å². The molecule has 1 aromatic carbocycles. The van der Waals surface area contributed by atoms with E-state index in [1.807, 2.05) is 19.0 Å². The van der Waals surface area contributed by atoms with Gasteiger partial charge in [-0.2, -0.15) is 0 Å². The van der Waals surface area contributed by atoms with E-state index in [4.69, 9.17) is 11.6 Å². The number of halogens is 2. The smallest absolute Gasteiger partial charge is 0.123 e. The highest BCUT2D eigenvalue weighted by Crippen LogP contribution is 2.20. The minimum atomic E-state index is -0.225. The van der Waals surface area contributed by atoms with Gasteiger partial charge in [0.25, 0.3) is 0 Å². The molecule has 0 spiro atoms. The summed E-state index contributed by atoms with van der Waals surface area (Å²) in [6, 6.07) is 6.30. The number of alkyl halides is 1. The van der Waals surface area contributed by atoms with Crippen molar-refractivity contribution in [3.8, 4) is 0 Å². The van der Waals surface area contributed by atoms with E-state index in [-0.39, 0.29) is 11.2 Å². The van der Waals surface area contributed by atoms with Crippen molar-refractivity contribution in [2.24, 2.45) is 0 Å². The van der Waals surface area contributed by atoms with Crippen molar-refractivity contribution in [2.45, 2.75) is 5.38 Å². The second kappa shape index (κ2) is 4.58. The summed E-state index contributed by atoms with van der Waals surface area (Å²) in [7, 11) is 3.91. The molecule has 1 unspecified atom stereocenters. The standard InChI is InChI=1S/C10H13ClFN/c1-13(2)7-10(11)8-3-5-9(12)6-4-8/h3-6,10H,7H2,1-2H3. The molecule has 0 aliphatic heterocycles. The Morgan fingerprint density at radius 3 is 2.31 bits per heavy atom. The Morgan fingerprint density at radius 1 is 1.31 bits per heavy atom. The molecule has 1 nitrogen and oxygen atoms in total. The van der Waals surface area contributed by atoms with E-state index in [2.05, 4.69) is 0 Å². The summed E-state index contributed by atoms with van der Waals surface area (Å²) in [5.74, 6) is -0.225. The molecule has 0 saturated carbocycles. The number of benzene rings is 1. The topological polar surface area (TPSA) is 3.24 Å². The zero-order valence-electron chi connectivity index (χ0n) is 7.80. The minimum absolute atomic E-state index is 0.0735. The fourth-order valence-corrected chi connectivity index (χ4v) is 1.52. The zero-order chi connectivity index (χ0) is 9.84. The molecule has 1 rings (SSSR count). The van der Waals surface area contributed by atoms with Crippen LogP contribution in [-0.2, 0) is 0 Å². The Balaban J connectivity index is 2.66. The molecular weight excluding hydrogens is 189 g/mol. The van der Waals surface area contributed by atoms with E-state index in [9.17, 15) is 4.39 Å². The quantitative estimate of drug-likeness (QED) is 0.680. The van der Waals surface area contributed by atoms with Crippen LogP contribution in [0.2, 0.25) is 0 Å². The van der Waals surface area contributed by atoms with Gasteiger partial charge in [-0.25, -0.2) is 4.39 Å². The van der Waals surface area contributed by atoms with Gasteiger partial charge in [0.15, 0.2) is 0 Å². The summed E-state index contributed by atoms with van der Waals surface area (Å²) in [4.78, 5) is 2.00. The molecule has 72 valence electrons. The third-order valence-corrected chi connectivity index (χ3v) is 2.15. The van der Waals surface area contributed by atoms with Crippen LogP contribution in [0.1, 0.15) is 10.9 Å². The minimum Gasteiger partial charge on any atom is -0.308 e. The highest BCUT2D eigenvalue weighted by Gasteiger charge is 2.08. The second-order valence-electron chi connectivity index (χ2n) is 3.28. The summed E-state index contributed by atoms with van der Waals surface area (Å²) in [5, 5.41) is -0.0735.